The van der Waals surface area contributed by atoms with Gasteiger partial charge >= 0.3 is 0 Å². The summed E-state index contributed by atoms with van der Waals surface area (Å²) in [6.45, 7) is 3.69. The summed E-state index contributed by atoms with van der Waals surface area (Å²) >= 11 is 0. The summed E-state index contributed by atoms with van der Waals surface area (Å²) in [6.07, 6.45) is 0. The van der Waals surface area contributed by atoms with Crippen molar-refractivity contribution >= 4 is 5.96 Å². The van der Waals surface area contributed by atoms with Gasteiger partial charge in [-0.25, -0.2) is 4.39 Å². The van der Waals surface area contributed by atoms with Crippen LogP contribution < -0.4 is 10.1 Å². The minimum Gasteiger partial charge on any atom is -0.505 e. The van der Waals surface area contributed by atoms with E-state index in [1.54, 1.807) is 13.1 Å². The number of nitrogens with one attached hydrogen (secondary N) is 1. The molecule has 0 fully saturated rings. The first-order valence-electron chi connectivity index (χ1n) is 8.14. The number of halogens is 1. The molecule has 0 aliphatic rings. The number of hydrogen-bond acceptors (Lipinski definition) is 3. The maximum absolute atomic E-state index is 13.4. The third-order valence-electron chi connectivity index (χ3n) is 3.69. The highest BCUT2D eigenvalue weighted by atomic mass is 19.1. The van der Waals surface area contributed by atoms with Gasteiger partial charge < -0.3 is 20.1 Å². The molecular weight excluding hydrogens is 321 g/mol. The third kappa shape index (κ3) is 5.38. The van der Waals surface area contributed by atoms with Crippen molar-refractivity contribution in [2.75, 3.05) is 20.7 Å². The maximum Gasteiger partial charge on any atom is 0.193 e. The number of aromatic hydroxyl groups is 1. The summed E-state index contributed by atoms with van der Waals surface area (Å²) in [5.41, 5.74) is 1.86. The number of benzene rings is 2. The zero-order valence-electron chi connectivity index (χ0n) is 14.8. The second-order valence-electron chi connectivity index (χ2n) is 5.62. The van der Waals surface area contributed by atoms with Crippen LogP contribution in [0.2, 0.25) is 0 Å². The average molecular weight is 345 g/mol. The van der Waals surface area contributed by atoms with Crippen LogP contribution >= 0.6 is 0 Å². The van der Waals surface area contributed by atoms with Gasteiger partial charge in [-0.1, -0.05) is 18.2 Å². The first kappa shape index (κ1) is 18.6. The van der Waals surface area contributed by atoms with Gasteiger partial charge in [-0.15, -0.1) is 0 Å². The number of phenolic OH excluding ortho intramolecular Hbond substituents is 1. The first-order chi connectivity index (χ1) is 12.0. The van der Waals surface area contributed by atoms with Crippen LogP contribution in [-0.4, -0.2) is 36.7 Å². The molecule has 6 heteroatoms. The van der Waals surface area contributed by atoms with Crippen LogP contribution in [0.5, 0.6) is 11.5 Å². The molecule has 0 heterocycles. The molecule has 2 aromatic rings. The van der Waals surface area contributed by atoms with Gasteiger partial charge in [-0.05, 0) is 42.3 Å². The molecule has 0 bridgehead atoms. The Morgan fingerprint density at radius 3 is 2.48 bits per heavy atom. The number of nitrogens with zero attached hydrogens (tertiary/aromatic N) is 2. The van der Waals surface area contributed by atoms with Crippen LogP contribution in [0.15, 0.2) is 47.5 Å². The number of hydrogen-bond donors (Lipinski definition) is 2. The average Bonchev–Trinajstić information content (AvgIpc) is 2.60. The SMILES string of the molecule is CCOc1ccc(CN(C)C(=NC)NCc2ccc(O)c(F)c2)cc1. The molecular formula is C19H24FN3O2. The summed E-state index contributed by atoms with van der Waals surface area (Å²) in [6, 6.07) is 12.3. The quantitative estimate of drug-likeness (QED) is 0.624. The number of aliphatic imine (C=N–C) groups is 1. The molecule has 0 spiro atoms. The number of guanidine groups is 1. The molecule has 0 unspecified atom stereocenters. The molecule has 134 valence electrons. The fraction of sp³-hybridized carbons (Fsp3) is 0.316. The van der Waals surface area contributed by atoms with Crippen LogP contribution in [-0.2, 0) is 13.1 Å². The van der Waals surface area contributed by atoms with Crippen molar-refractivity contribution in [3.63, 3.8) is 0 Å². The number of phenols is 1. The summed E-state index contributed by atoms with van der Waals surface area (Å²) in [5.74, 6) is 0.575. The first-order valence-corrected chi connectivity index (χ1v) is 8.14. The Labute approximate surface area is 147 Å². The van der Waals surface area contributed by atoms with E-state index < -0.39 is 5.82 Å². The predicted molar refractivity (Wildman–Crippen MR) is 97.3 cm³/mol. The van der Waals surface area contributed by atoms with Gasteiger partial charge in [0.15, 0.2) is 17.5 Å². The second-order valence-corrected chi connectivity index (χ2v) is 5.62. The molecule has 0 aliphatic heterocycles. The Morgan fingerprint density at radius 1 is 1.20 bits per heavy atom. The Hall–Kier alpha value is -2.76. The predicted octanol–water partition coefficient (Wildman–Crippen LogP) is 3.14. The normalized spacial score (nSPS) is 11.3. The molecule has 2 N–H and O–H groups in total. The highest BCUT2D eigenvalue weighted by molar-refractivity contribution is 5.79. The minimum atomic E-state index is -0.628. The van der Waals surface area contributed by atoms with Gasteiger partial charge in [0.2, 0.25) is 0 Å². The van der Waals surface area contributed by atoms with E-state index in [1.165, 1.54) is 12.1 Å². The van der Waals surface area contributed by atoms with Gasteiger partial charge in [-0.3, -0.25) is 4.99 Å². The summed E-state index contributed by atoms with van der Waals surface area (Å²) in [4.78, 5) is 6.23. The van der Waals surface area contributed by atoms with Crippen LogP contribution in [0, 0.1) is 5.82 Å². The molecule has 5 nitrogen and oxygen atoms in total. The monoisotopic (exact) mass is 345 g/mol. The van der Waals surface area contributed by atoms with Crippen LogP contribution in [0.1, 0.15) is 18.1 Å². The Bertz CT molecular complexity index is 717. The van der Waals surface area contributed by atoms with Crippen molar-refractivity contribution in [2.45, 2.75) is 20.0 Å². The molecule has 0 radical (unpaired) electrons. The highest BCUT2D eigenvalue weighted by Crippen LogP contribution is 2.16. The van der Waals surface area contributed by atoms with Crippen molar-refractivity contribution in [1.29, 1.82) is 0 Å². The van der Waals surface area contributed by atoms with Gasteiger partial charge in [0, 0.05) is 27.2 Å². The second kappa shape index (κ2) is 8.92. The molecule has 0 amide bonds. The molecule has 2 rings (SSSR count). The van der Waals surface area contributed by atoms with E-state index in [9.17, 15) is 9.50 Å². The van der Waals surface area contributed by atoms with Crippen LogP contribution in [0.3, 0.4) is 0 Å². The van der Waals surface area contributed by atoms with Crippen molar-refractivity contribution in [2.24, 2.45) is 4.99 Å². The molecule has 0 aliphatic carbocycles. The topological polar surface area (TPSA) is 57.1 Å². The molecule has 2 aromatic carbocycles. The third-order valence-corrected chi connectivity index (χ3v) is 3.69. The number of rotatable bonds is 6. The van der Waals surface area contributed by atoms with Crippen molar-refractivity contribution in [3.8, 4) is 11.5 Å². The molecule has 0 atom stereocenters. The van der Waals surface area contributed by atoms with Crippen molar-refractivity contribution < 1.29 is 14.2 Å². The lowest BCUT2D eigenvalue weighted by molar-refractivity contribution is 0.340. The van der Waals surface area contributed by atoms with E-state index in [-0.39, 0.29) is 5.75 Å². The van der Waals surface area contributed by atoms with E-state index in [2.05, 4.69) is 10.3 Å². The minimum absolute atomic E-state index is 0.347. The molecule has 0 saturated heterocycles. The van der Waals surface area contributed by atoms with Gasteiger partial charge in [0.05, 0.1) is 6.61 Å². The fourth-order valence-corrected chi connectivity index (χ4v) is 2.43. The zero-order valence-corrected chi connectivity index (χ0v) is 14.8. The van der Waals surface area contributed by atoms with Gasteiger partial charge in [-0.2, -0.15) is 0 Å². The van der Waals surface area contributed by atoms with E-state index in [1.807, 2.05) is 43.1 Å². The van der Waals surface area contributed by atoms with Crippen molar-refractivity contribution in [3.05, 3.63) is 59.4 Å². The summed E-state index contributed by atoms with van der Waals surface area (Å²) < 4.78 is 18.8. The van der Waals surface area contributed by atoms with Crippen LogP contribution in [0.4, 0.5) is 4.39 Å². The molecule has 25 heavy (non-hydrogen) atoms. The lowest BCUT2D eigenvalue weighted by Crippen LogP contribution is -2.38. The smallest absolute Gasteiger partial charge is 0.193 e. The largest absolute Gasteiger partial charge is 0.505 e. The Balaban J connectivity index is 1.93. The van der Waals surface area contributed by atoms with E-state index in [0.29, 0.717) is 25.7 Å². The van der Waals surface area contributed by atoms with Crippen LogP contribution in [0.25, 0.3) is 0 Å². The highest BCUT2D eigenvalue weighted by Gasteiger charge is 2.08. The summed E-state index contributed by atoms with van der Waals surface area (Å²) in [5, 5.41) is 12.4. The summed E-state index contributed by atoms with van der Waals surface area (Å²) in [7, 11) is 3.64. The van der Waals surface area contributed by atoms with Gasteiger partial charge in [0.25, 0.3) is 0 Å². The van der Waals surface area contributed by atoms with E-state index >= 15 is 0 Å². The van der Waals surface area contributed by atoms with Gasteiger partial charge in [0.1, 0.15) is 5.75 Å². The van der Waals surface area contributed by atoms with E-state index in [4.69, 9.17) is 4.74 Å². The molecule has 0 aromatic heterocycles. The number of ether oxygens (including phenoxy) is 1. The Kier molecular flexibility index (Phi) is 6.62. The maximum atomic E-state index is 13.4. The fourth-order valence-electron chi connectivity index (χ4n) is 2.43. The molecule has 0 saturated carbocycles. The lowest BCUT2D eigenvalue weighted by Gasteiger charge is -2.22. The lowest BCUT2D eigenvalue weighted by atomic mass is 10.2. The zero-order chi connectivity index (χ0) is 18.2. The standard InChI is InChI=1S/C19H24FN3O2/c1-4-25-16-8-5-14(6-9-16)13-23(3)19(21-2)22-12-15-7-10-18(24)17(20)11-15/h5-11,24H,4,12-13H2,1-3H3,(H,21,22). The van der Waals surface area contributed by atoms with E-state index in [0.717, 1.165) is 16.9 Å². The van der Waals surface area contributed by atoms with Crippen molar-refractivity contribution in [1.82, 2.24) is 10.2 Å². The Morgan fingerprint density at radius 2 is 1.88 bits per heavy atom.